The molecule has 0 aromatic carbocycles. The van der Waals surface area contributed by atoms with Crippen molar-refractivity contribution in [2.75, 3.05) is 7.05 Å². The Hall–Kier alpha value is -0.920. The minimum atomic E-state index is -3.49. The summed E-state index contributed by atoms with van der Waals surface area (Å²) in [5.41, 5.74) is 1.11. The van der Waals surface area contributed by atoms with Crippen LogP contribution in [0.25, 0.3) is 0 Å². The fourth-order valence-corrected chi connectivity index (χ4v) is 3.79. The van der Waals surface area contributed by atoms with E-state index in [9.17, 15) is 8.42 Å². The first kappa shape index (κ1) is 13.5. The Labute approximate surface area is 108 Å². The molecule has 1 saturated carbocycles. The molecule has 18 heavy (non-hydrogen) atoms. The summed E-state index contributed by atoms with van der Waals surface area (Å²) in [4.78, 5) is 0.282. The van der Waals surface area contributed by atoms with E-state index in [0.717, 1.165) is 12.8 Å². The van der Waals surface area contributed by atoms with E-state index < -0.39 is 10.0 Å². The molecule has 0 amide bonds. The Morgan fingerprint density at radius 1 is 1.50 bits per heavy atom. The summed E-state index contributed by atoms with van der Waals surface area (Å²) in [6.07, 6.45) is 2.22. The second-order valence-electron chi connectivity index (χ2n) is 4.90. The molecule has 0 aliphatic heterocycles. The van der Waals surface area contributed by atoms with Crippen molar-refractivity contribution in [3.05, 3.63) is 11.4 Å². The van der Waals surface area contributed by atoms with Gasteiger partial charge in [0.2, 0.25) is 10.0 Å². The van der Waals surface area contributed by atoms with E-state index in [-0.39, 0.29) is 10.9 Å². The predicted octanol–water partition coefficient (Wildman–Crippen LogP) is 0.514. The summed E-state index contributed by atoms with van der Waals surface area (Å²) in [7, 11) is -1.72. The second-order valence-corrected chi connectivity index (χ2v) is 6.55. The van der Waals surface area contributed by atoms with Gasteiger partial charge in [-0.15, -0.1) is 0 Å². The number of rotatable bonds is 6. The maximum absolute atomic E-state index is 12.4. The highest BCUT2D eigenvalue weighted by atomic mass is 32.2. The standard InChI is InChI=1S/C11H20N4O2S/c1-7(9-4-5-9)15-18(16,17)11-8(2)13-14-10(11)6-12-3/h7,9,12,15H,4-6H2,1-3H3,(H,13,14). The molecule has 0 radical (unpaired) electrons. The first-order chi connectivity index (χ1) is 8.45. The van der Waals surface area contributed by atoms with Gasteiger partial charge in [-0.25, -0.2) is 13.1 Å². The molecule has 1 heterocycles. The maximum atomic E-state index is 12.4. The summed E-state index contributed by atoms with van der Waals surface area (Å²) in [5, 5.41) is 9.69. The van der Waals surface area contributed by atoms with Crippen LogP contribution < -0.4 is 10.0 Å². The molecule has 3 N–H and O–H groups in total. The predicted molar refractivity (Wildman–Crippen MR) is 68.6 cm³/mol. The quantitative estimate of drug-likeness (QED) is 0.704. The number of aromatic nitrogens is 2. The lowest BCUT2D eigenvalue weighted by molar-refractivity contribution is 0.536. The first-order valence-corrected chi connectivity index (χ1v) is 7.64. The van der Waals surface area contributed by atoms with Gasteiger partial charge in [0, 0.05) is 12.6 Å². The molecule has 0 saturated heterocycles. The van der Waals surface area contributed by atoms with E-state index in [2.05, 4.69) is 20.2 Å². The fraction of sp³-hybridized carbons (Fsp3) is 0.727. The van der Waals surface area contributed by atoms with Crippen LogP contribution in [0.1, 0.15) is 31.2 Å². The lowest BCUT2D eigenvalue weighted by Gasteiger charge is -2.13. The summed E-state index contributed by atoms with van der Waals surface area (Å²) < 4.78 is 27.5. The van der Waals surface area contributed by atoms with Crippen LogP contribution in [-0.2, 0) is 16.6 Å². The van der Waals surface area contributed by atoms with Crippen molar-refractivity contribution in [2.24, 2.45) is 5.92 Å². The molecule has 1 atom stereocenters. The third kappa shape index (κ3) is 2.73. The van der Waals surface area contributed by atoms with Crippen molar-refractivity contribution in [1.29, 1.82) is 0 Å². The highest BCUT2D eigenvalue weighted by molar-refractivity contribution is 7.89. The van der Waals surface area contributed by atoms with Gasteiger partial charge in [-0.05, 0) is 39.7 Å². The molecular weight excluding hydrogens is 252 g/mol. The van der Waals surface area contributed by atoms with Gasteiger partial charge in [-0.2, -0.15) is 5.10 Å². The number of aryl methyl sites for hydroxylation is 1. The van der Waals surface area contributed by atoms with Crippen molar-refractivity contribution in [1.82, 2.24) is 20.2 Å². The molecule has 2 rings (SSSR count). The Morgan fingerprint density at radius 2 is 2.17 bits per heavy atom. The van der Waals surface area contributed by atoms with Crippen LogP contribution in [-0.4, -0.2) is 31.7 Å². The molecule has 102 valence electrons. The zero-order valence-electron chi connectivity index (χ0n) is 10.9. The third-order valence-corrected chi connectivity index (χ3v) is 5.01. The Morgan fingerprint density at radius 3 is 2.72 bits per heavy atom. The van der Waals surface area contributed by atoms with Crippen molar-refractivity contribution >= 4 is 10.0 Å². The Balaban J connectivity index is 2.25. The van der Waals surface area contributed by atoms with Gasteiger partial charge in [0.15, 0.2) is 0 Å². The van der Waals surface area contributed by atoms with Crippen LogP contribution >= 0.6 is 0 Å². The number of nitrogens with one attached hydrogen (secondary N) is 3. The summed E-state index contributed by atoms with van der Waals surface area (Å²) in [6, 6.07) is -0.00765. The molecule has 1 aliphatic rings. The van der Waals surface area contributed by atoms with Gasteiger partial charge in [0.05, 0.1) is 11.4 Å². The average molecular weight is 272 g/mol. The van der Waals surface area contributed by atoms with Crippen LogP contribution in [0.5, 0.6) is 0 Å². The Bertz CT molecular complexity index is 519. The van der Waals surface area contributed by atoms with Gasteiger partial charge >= 0.3 is 0 Å². The highest BCUT2D eigenvalue weighted by Crippen LogP contribution is 2.33. The van der Waals surface area contributed by atoms with Gasteiger partial charge in [0.25, 0.3) is 0 Å². The molecule has 1 aromatic rings. The van der Waals surface area contributed by atoms with Crippen LogP contribution in [0.4, 0.5) is 0 Å². The minimum absolute atomic E-state index is 0.00765. The van der Waals surface area contributed by atoms with Crippen molar-refractivity contribution in [3.63, 3.8) is 0 Å². The monoisotopic (exact) mass is 272 g/mol. The third-order valence-electron chi connectivity index (χ3n) is 3.24. The molecule has 0 spiro atoms. The SMILES string of the molecule is CNCc1n[nH]c(C)c1S(=O)(=O)NC(C)C1CC1. The van der Waals surface area contributed by atoms with Gasteiger partial charge < -0.3 is 5.32 Å². The minimum Gasteiger partial charge on any atom is -0.314 e. The van der Waals surface area contributed by atoms with Crippen molar-refractivity contribution in [2.45, 2.75) is 44.2 Å². The summed E-state index contributed by atoms with van der Waals surface area (Å²) in [6.45, 7) is 4.07. The molecule has 7 heteroatoms. The molecule has 1 aliphatic carbocycles. The zero-order chi connectivity index (χ0) is 13.3. The highest BCUT2D eigenvalue weighted by Gasteiger charge is 2.33. The maximum Gasteiger partial charge on any atom is 0.244 e. The van der Waals surface area contributed by atoms with E-state index >= 15 is 0 Å². The van der Waals surface area contributed by atoms with Crippen LogP contribution in [0.15, 0.2) is 4.90 Å². The zero-order valence-corrected chi connectivity index (χ0v) is 11.8. The van der Waals surface area contributed by atoms with Crippen LogP contribution in [0, 0.1) is 12.8 Å². The molecule has 1 aromatic heterocycles. The number of sulfonamides is 1. The van der Waals surface area contributed by atoms with Crippen LogP contribution in [0.2, 0.25) is 0 Å². The first-order valence-electron chi connectivity index (χ1n) is 6.16. The van der Waals surface area contributed by atoms with E-state index in [4.69, 9.17) is 0 Å². The van der Waals surface area contributed by atoms with Gasteiger partial charge in [-0.3, -0.25) is 5.10 Å². The molecule has 1 unspecified atom stereocenters. The largest absolute Gasteiger partial charge is 0.314 e. The smallest absolute Gasteiger partial charge is 0.244 e. The van der Waals surface area contributed by atoms with E-state index in [1.807, 2.05) is 6.92 Å². The molecule has 6 nitrogen and oxygen atoms in total. The topological polar surface area (TPSA) is 86.9 Å². The molecular formula is C11H20N4O2S. The van der Waals surface area contributed by atoms with Gasteiger partial charge in [0.1, 0.15) is 4.90 Å². The lowest BCUT2D eigenvalue weighted by Crippen LogP contribution is -2.34. The molecule has 0 bridgehead atoms. The number of H-pyrrole nitrogens is 1. The summed E-state index contributed by atoms with van der Waals surface area (Å²) in [5.74, 6) is 0.486. The number of hydrogen-bond donors (Lipinski definition) is 3. The van der Waals surface area contributed by atoms with Crippen molar-refractivity contribution in [3.8, 4) is 0 Å². The lowest BCUT2D eigenvalue weighted by atomic mass is 10.2. The van der Waals surface area contributed by atoms with E-state index in [1.165, 1.54) is 0 Å². The Kier molecular flexibility index (Phi) is 3.74. The number of aromatic amines is 1. The summed E-state index contributed by atoms with van der Waals surface area (Å²) >= 11 is 0. The second kappa shape index (κ2) is 4.99. The van der Waals surface area contributed by atoms with E-state index in [0.29, 0.717) is 23.9 Å². The van der Waals surface area contributed by atoms with Crippen molar-refractivity contribution < 1.29 is 8.42 Å². The number of nitrogens with zero attached hydrogens (tertiary/aromatic N) is 1. The normalized spacial score (nSPS) is 17.9. The average Bonchev–Trinajstić information content (AvgIpc) is 3.04. The van der Waals surface area contributed by atoms with E-state index in [1.54, 1.807) is 14.0 Å². The number of hydrogen-bond acceptors (Lipinski definition) is 4. The molecule has 1 fully saturated rings. The van der Waals surface area contributed by atoms with Gasteiger partial charge in [-0.1, -0.05) is 0 Å². The van der Waals surface area contributed by atoms with Crippen LogP contribution in [0.3, 0.4) is 0 Å². The fourth-order valence-electron chi connectivity index (χ4n) is 2.11.